The summed E-state index contributed by atoms with van der Waals surface area (Å²) in [6, 6.07) is 0.0800. The number of carbonyl (C=O) groups is 1. The van der Waals surface area contributed by atoms with Crippen LogP contribution in [0, 0.1) is 23.7 Å². The van der Waals surface area contributed by atoms with Crippen LogP contribution in [0.5, 0.6) is 0 Å². The molecule has 1 heterocycles. The quantitative estimate of drug-likeness (QED) is 0.743. The van der Waals surface area contributed by atoms with Crippen LogP contribution in [-0.4, -0.2) is 29.6 Å². The highest BCUT2D eigenvalue weighted by molar-refractivity contribution is 5.84. The topological polar surface area (TPSA) is 32.3 Å². The molecule has 3 aliphatic rings. The normalized spacial score (nSPS) is 30.0. The van der Waals surface area contributed by atoms with E-state index in [0.717, 1.165) is 37.1 Å². The van der Waals surface area contributed by atoms with Gasteiger partial charge < -0.3 is 4.90 Å². The first-order chi connectivity index (χ1) is 10.1. The minimum Gasteiger partial charge on any atom is -0.325 e. The first-order valence-electron chi connectivity index (χ1n) is 9.18. The summed E-state index contributed by atoms with van der Waals surface area (Å²) in [6.07, 6.45) is 9.21. The molecule has 3 fully saturated rings. The van der Waals surface area contributed by atoms with E-state index in [4.69, 9.17) is 0 Å². The van der Waals surface area contributed by atoms with Crippen molar-refractivity contribution in [1.29, 1.82) is 0 Å². The van der Waals surface area contributed by atoms with E-state index < -0.39 is 0 Å². The summed E-state index contributed by atoms with van der Waals surface area (Å²) in [7, 11) is 0. The number of unbranched alkanes of at least 4 members (excludes halogenated alkanes) is 1. The molecule has 21 heavy (non-hydrogen) atoms. The molecule has 1 amide bonds. The molecule has 3 nitrogen and oxygen atoms in total. The van der Waals surface area contributed by atoms with Crippen LogP contribution in [0.15, 0.2) is 0 Å². The summed E-state index contributed by atoms with van der Waals surface area (Å²) in [5.74, 6) is 3.52. The van der Waals surface area contributed by atoms with E-state index >= 15 is 0 Å². The lowest BCUT2D eigenvalue weighted by Gasteiger charge is -2.31. The van der Waals surface area contributed by atoms with Crippen LogP contribution >= 0.6 is 0 Å². The molecule has 3 heteroatoms. The second-order valence-electron chi connectivity index (χ2n) is 7.88. The lowest BCUT2D eigenvalue weighted by atomic mass is 9.96. The molecular weight excluding hydrogens is 260 g/mol. The summed E-state index contributed by atoms with van der Waals surface area (Å²) < 4.78 is 0. The molecule has 0 aromatic heterocycles. The first-order valence-corrected chi connectivity index (χ1v) is 9.18. The minimum absolute atomic E-state index is 0.0800. The Hall–Kier alpha value is -0.570. The van der Waals surface area contributed by atoms with Crippen molar-refractivity contribution in [2.45, 2.75) is 77.9 Å². The van der Waals surface area contributed by atoms with Gasteiger partial charge in [-0.2, -0.15) is 0 Å². The maximum absolute atomic E-state index is 12.8. The van der Waals surface area contributed by atoms with Gasteiger partial charge in [-0.15, -0.1) is 0 Å². The molecule has 0 aromatic rings. The highest BCUT2D eigenvalue weighted by Gasteiger charge is 2.46. The molecule has 2 atom stereocenters. The summed E-state index contributed by atoms with van der Waals surface area (Å²) >= 11 is 0. The van der Waals surface area contributed by atoms with Gasteiger partial charge in [0.05, 0.1) is 12.2 Å². The predicted octanol–water partition coefficient (Wildman–Crippen LogP) is 3.40. The summed E-state index contributed by atoms with van der Waals surface area (Å²) in [4.78, 5) is 15.0. The standard InChI is InChI=1S/C18H32N2O/c1-4-5-6-16-18(21)20(17(19-16)12(2)3)11-15(13-7-8-13)14-9-10-14/h12-17,19H,4-11H2,1-3H3. The molecule has 2 saturated carbocycles. The van der Waals surface area contributed by atoms with Gasteiger partial charge in [-0.05, 0) is 55.8 Å². The maximum Gasteiger partial charge on any atom is 0.241 e. The third kappa shape index (κ3) is 3.44. The number of rotatable bonds is 8. The molecule has 1 N–H and O–H groups in total. The number of amides is 1. The van der Waals surface area contributed by atoms with E-state index in [1.165, 1.54) is 32.1 Å². The van der Waals surface area contributed by atoms with E-state index in [-0.39, 0.29) is 12.2 Å². The van der Waals surface area contributed by atoms with Gasteiger partial charge in [0.15, 0.2) is 0 Å². The Balaban J connectivity index is 1.66. The highest BCUT2D eigenvalue weighted by atomic mass is 16.2. The van der Waals surface area contributed by atoms with E-state index in [1.807, 2.05) is 0 Å². The average molecular weight is 292 g/mol. The van der Waals surface area contributed by atoms with Crippen molar-refractivity contribution in [3.63, 3.8) is 0 Å². The highest BCUT2D eigenvalue weighted by Crippen LogP contribution is 2.49. The largest absolute Gasteiger partial charge is 0.325 e. The SMILES string of the molecule is CCCCC1NC(C(C)C)N(CC(C2CC2)C2CC2)C1=O. The zero-order valence-corrected chi connectivity index (χ0v) is 14.0. The maximum atomic E-state index is 12.8. The Morgan fingerprint density at radius 1 is 1.19 bits per heavy atom. The smallest absolute Gasteiger partial charge is 0.241 e. The zero-order chi connectivity index (χ0) is 15.0. The summed E-state index contributed by atoms with van der Waals surface area (Å²) in [5.41, 5.74) is 0. The van der Waals surface area contributed by atoms with E-state index in [2.05, 4.69) is 31.0 Å². The van der Waals surface area contributed by atoms with Crippen LogP contribution in [0.2, 0.25) is 0 Å². The van der Waals surface area contributed by atoms with Gasteiger partial charge >= 0.3 is 0 Å². The summed E-state index contributed by atoms with van der Waals surface area (Å²) in [6.45, 7) is 7.70. The van der Waals surface area contributed by atoms with Crippen LogP contribution in [0.3, 0.4) is 0 Å². The Morgan fingerprint density at radius 2 is 1.81 bits per heavy atom. The molecule has 2 unspecified atom stereocenters. The van der Waals surface area contributed by atoms with Crippen LogP contribution < -0.4 is 5.32 Å². The number of hydrogen-bond donors (Lipinski definition) is 1. The molecule has 2 aliphatic carbocycles. The number of carbonyl (C=O) groups excluding carboxylic acids is 1. The van der Waals surface area contributed by atoms with Gasteiger partial charge in [0.25, 0.3) is 0 Å². The van der Waals surface area contributed by atoms with Crippen molar-refractivity contribution in [1.82, 2.24) is 10.2 Å². The molecule has 0 radical (unpaired) electrons. The van der Waals surface area contributed by atoms with Gasteiger partial charge in [-0.1, -0.05) is 33.6 Å². The average Bonchev–Trinajstić information content (AvgIpc) is 3.34. The molecule has 1 saturated heterocycles. The second-order valence-corrected chi connectivity index (χ2v) is 7.88. The fraction of sp³-hybridized carbons (Fsp3) is 0.944. The van der Waals surface area contributed by atoms with Crippen molar-refractivity contribution in [3.05, 3.63) is 0 Å². The van der Waals surface area contributed by atoms with Gasteiger partial charge in [0.2, 0.25) is 5.91 Å². The van der Waals surface area contributed by atoms with Crippen molar-refractivity contribution >= 4 is 5.91 Å². The predicted molar refractivity (Wildman–Crippen MR) is 85.7 cm³/mol. The molecule has 3 rings (SSSR count). The van der Waals surface area contributed by atoms with Gasteiger partial charge in [0.1, 0.15) is 0 Å². The summed E-state index contributed by atoms with van der Waals surface area (Å²) in [5, 5.41) is 3.63. The van der Waals surface area contributed by atoms with Crippen molar-refractivity contribution in [2.75, 3.05) is 6.54 Å². The van der Waals surface area contributed by atoms with Crippen LogP contribution in [0.25, 0.3) is 0 Å². The minimum atomic E-state index is 0.0800. The third-order valence-corrected chi connectivity index (χ3v) is 5.63. The zero-order valence-electron chi connectivity index (χ0n) is 14.0. The monoisotopic (exact) mass is 292 g/mol. The lowest BCUT2D eigenvalue weighted by Crippen LogP contribution is -2.44. The lowest BCUT2D eigenvalue weighted by molar-refractivity contribution is -0.131. The van der Waals surface area contributed by atoms with E-state index in [0.29, 0.717) is 11.8 Å². The molecular formula is C18H32N2O. The first kappa shape index (κ1) is 15.3. The fourth-order valence-corrected chi connectivity index (χ4v) is 4.03. The van der Waals surface area contributed by atoms with Crippen LogP contribution in [0.1, 0.15) is 65.7 Å². The van der Waals surface area contributed by atoms with Crippen LogP contribution in [-0.2, 0) is 4.79 Å². The Kier molecular flexibility index (Phi) is 4.58. The van der Waals surface area contributed by atoms with E-state index in [9.17, 15) is 4.79 Å². The Bertz CT molecular complexity index is 361. The molecule has 120 valence electrons. The molecule has 0 aromatic carbocycles. The molecule has 0 bridgehead atoms. The second kappa shape index (κ2) is 6.28. The van der Waals surface area contributed by atoms with Crippen LogP contribution in [0.4, 0.5) is 0 Å². The third-order valence-electron chi connectivity index (χ3n) is 5.63. The van der Waals surface area contributed by atoms with Gasteiger partial charge in [-0.3, -0.25) is 10.1 Å². The van der Waals surface area contributed by atoms with Crippen molar-refractivity contribution in [2.24, 2.45) is 23.7 Å². The number of hydrogen-bond acceptors (Lipinski definition) is 2. The van der Waals surface area contributed by atoms with Crippen molar-refractivity contribution < 1.29 is 4.79 Å². The Labute approximate surface area is 129 Å². The van der Waals surface area contributed by atoms with E-state index in [1.54, 1.807) is 0 Å². The number of nitrogens with zero attached hydrogens (tertiary/aromatic N) is 1. The van der Waals surface area contributed by atoms with Gasteiger partial charge in [-0.25, -0.2) is 0 Å². The Morgan fingerprint density at radius 3 is 2.29 bits per heavy atom. The van der Waals surface area contributed by atoms with Gasteiger partial charge in [0, 0.05) is 6.54 Å². The number of nitrogens with one attached hydrogen (secondary N) is 1. The molecule has 0 spiro atoms. The fourth-order valence-electron chi connectivity index (χ4n) is 4.03. The van der Waals surface area contributed by atoms with Crippen molar-refractivity contribution in [3.8, 4) is 0 Å². The molecule has 1 aliphatic heterocycles.